The number of carbonyl (C=O) groups excluding carboxylic acids is 2. The quantitative estimate of drug-likeness (QED) is 0.304. The lowest BCUT2D eigenvalue weighted by Gasteiger charge is -2.02. The molecule has 2 rings (SSSR count). The van der Waals surface area contributed by atoms with Crippen LogP contribution in [0.4, 0.5) is 5.82 Å². The van der Waals surface area contributed by atoms with Gasteiger partial charge >= 0.3 is 23.5 Å². The first-order valence-electron chi connectivity index (χ1n) is 6.50. The van der Waals surface area contributed by atoms with Gasteiger partial charge in [0.15, 0.2) is 5.69 Å². The Balaban J connectivity index is 2.67. The molecule has 0 unspecified atom stereocenters. The Hall–Kier alpha value is -3.51. The van der Waals surface area contributed by atoms with Crippen LogP contribution in [0.15, 0.2) is 9.15 Å². The summed E-state index contributed by atoms with van der Waals surface area (Å²) in [7, 11) is 0. The maximum Gasteiger partial charge on any atom is 0.442 e. The summed E-state index contributed by atoms with van der Waals surface area (Å²) in [5, 5.41) is 28.9. The first-order valence-corrected chi connectivity index (χ1v) is 6.50. The van der Waals surface area contributed by atoms with Gasteiger partial charge in [-0.3, -0.25) is 4.63 Å². The zero-order valence-corrected chi connectivity index (χ0v) is 12.4. The number of hydrogen-bond acceptors (Lipinski definition) is 11. The highest BCUT2D eigenvalue weighted by Gasteiger charge is 2.38. The van der Waals surface area contributed by atoms with Crippen molar-refractivity contribution >= 4 is 17.8 Å². The molecule has 0 N–H and O–H groups in total. The summed E-state index contributed by atoms with van der Waals surface area (Å²) in [5.74, 6) is -3.83. The van der Waals surface area contributed by atoms with Gasteiger partial charge in [0, 0.05) is 0 Å². The largest absolute Gasteiger partial charge is 0.462 e. The van der Waals surface area contributed by atoms with Crippen LogP contribution in [-0.2, 0) is 9.47 Å². The number of ether oxygens (including phenoxy) is 2. The third kappa shape index (κ3) is 2.86. The van der Waals surface area contributed by atoms with E-state index in [1.54, 1.807) is 0 Å². The van der Waals surface area contributed by atoms with Crippen molar-refractivity contribution in [3.63, 3.8) is 0 Å². The van der Waals surface area contributed by atoms with E-state index < -0.39 is 45.4 Å². The molecule has 0 amide bonds. The van der Waals surface area contributed by atoms with Crippen LogP contribution in [0, 0.1) is 15.3 Å². The summed E-state index contributed by atoms with van der Waals surface area (Å²) in [6, 6.07) is 0. The molecule has 0 saturated heterocycles. The lowest BCUT2D eigenvalue weighted by atomic mass is 10.1. The fourth-order valence-electron chi connectivity index (χ4n) is 1.73. The van der Waals surface area contributed by atoms with Gasteiger partial charge in [-0.05, 0) is 23.7 Å². The number of nitrogens with zero attached hydrogens (tertiary/aromatic N) is 4. The molecule has 0 aliphatic carbocycles. The Labute approximate surface area is 132 Å². The van der Waals surface area contributed by atoms with E-state index in [0.29, 0.717) is 0 Å². The SMILES string of the molecule is CCOC(=O)c1onc(-c2c([N+](=O)[O-])no[n+]2[O-])c1C(=O)OCC. The minimum atomic E-state index is -1.09. The van der Waals surface area contributed by atoms with Gasteiger partial charge in [0.05, 0.1) is 18.4 Å². The lowest BCUT2D eigenvalue weighted by Crippen LogP contribution is -2.26. The zero-order chi connectivity index (χ0) is 17.9. The van der Waals surface area contributed by atoms with E-state index in [1.807, 2.05) is 0 Å². The van der Waals surface area contributed by atoms with Gasteiger partial charge in [-0.2, -0.15) is 0 Å². The van der Waals surface area contributed by atoms with Crippen LogP contribution in [0.5, 0.6) is 0 Å². The van der Waals surface area contributed by atoms with Crippen LogP contribution in [0.2, 0.25) is 0 Å². The molecule has 0 bridgehead atoms. The summed E-state index contributed by atoms with van der Waals surface area (Å²) in [6.07, 6.45) is 0. The highest BCUT2D eigenvalue weighted by Crippen LogP contribution is 2.30. The Morgan fingerprint density at radius 3 is 2.42 bits per heavy atom. The molecule has 128 valence electrons. The van der Waals surface area contributed by atoms with Crippen LogP contribution in [0.3, 0.4) is 0 Å². The van der Waals surface area contributed by atoms with Gasteiger partial charge in [-0.15, -0.1) is 0 Å². The van der Waals surface area contributed by atoms with Crippen molar-refractivity contribution in [3.8, 4) is 11.4 Å². The van der Waals surface area contributed by atoms with E-state index >= 15 is 0 Å². The average molecular weight is 342 g/mol. The number of carbonyl (C=O) groups is 2. The van der Waals surface area contributed by atoms with E-state index in [2.05, 4.69) is 14.9 Å². The minimum Gasteiger partial charge on any atom is -0.462 e. The van der Waals surface area contributed by atoms with Crippen LogP contribution in [-0.4, -0.2) is 40.4 Å². The van der Waals surface area contributed by atoms with Crippen molar-refractivity contribution in [1.29, 1.82) is 0 Å². The fourth-order valence-corrected chi connectivity index (χ4v) is 1.73. The number of aromatic nitrogens is 3. The van der Waals surface area contributed by atoms with Crippen molar-refractivity contribution in [2.24, 2.45) is 0 Å². The summed E-state index contributed by atoms with van der Waals surface area (Å²) >= 11 is 0. The first kappa shape index (κ1) is 16.9. The summed E-state index contributed by atoms with van der Waals surface area (Å²) < 4.78 is 18.3. The molecular formula is C11H10N4O9. The predicted octanol–water partition coefficient (Wildman–Crippen LogP) is 0.225. The third-order valence-electron chi connectivity index (χ3n) is 2.63. The standard InChI is InChI=1S/C11H10N4O9/c1-3-21-10(16)5-6(12-23-8(5)11(17)22-4-2)7-9(14(18)19)13-24-15(7)20/h3-4H2,1-2H3. The summed E-state index contributed by atoms with van der Waals surface area (Å²) in [5.41, 5.74) is -2.05. The van der Waals surface area contributed by atoms with Gasteiger partial charge in [-0.25, -0.2) is 9.59 Å². The van der Waals surface area contributed by atoms with E-state index in [9.17, 15) is 24.9 Å². The molecule has 24 heavy (non-hydrogen) atoms. The second-order valence-corrected chi connectivity index (χ2v) is 4.04. The molecule has 0 fully saturated rings. The normalized spacial score (nSPS) is 10.4. The molecular weight excluding hydrogens is 332 g/mol. The maximum absolute atomic E-state index is 12.1. The predicted molar refractivity (Wildman–Crippen MR) is 69.5 cm³/mol. The smallest absolute Gasteiger partial charge is 0.442 e. The highest BCUT2D eigenvalue weighted by atomic mass is 16.8. The number of nitro groups is 1. The molecule has 0 spiro atoms. The van der Waals surface area contributed by atoms with Crippen molar-refractivity contribution in [1.82, 2.24) is 10.3 Å². The Morgan fingerprint density at radius 1 is 1.21 bits per heavy atom. The Morgan fingerprint density at radius 2 is 1.83 bits per heavy atom. The van der Waals surface area contributed by atoms with Crippen molar-refractivity contribution < 1.29 is 38.0 Å². The molecule has 13 nitrogen and oxygen atoms in total. The molecule has 0 aliphatic heterocycles. The molecule has 0 saturated carbocycles. The van der Waals surface area contributed by atoms with E-state index in [0.717, 1.165) is 0 Å². The number of esters is 2. The van der Waals surface area contributed by atoms with Gasteiger partial charge in [0.2, 0.25) is 0 Å². The highest BCUT2D eigenvalue weighted by molar-refractivity contribution is 6.05. The molecule has 13 heteroatoms. The summed E-state index contributed by atoms with van der Waals surface area (Å²) in [4.78, 5) is 33.5. The molecule has 2 heterocycles. The van der Waals surface area contributed by atoms with Gasteiger partial charge in [-0.1, -0.05) is 5.16 Å². The molecule has 0 radical (unpaired) electrons. The van der Waals surface area contributed by atoms with Crippen LogP contribution in [0.1, 0.15) is 34.8 Å². The topological polar surface area (TPSA) is 175 Å². The fraction of sp³-hybridized carbons (Fsp3) is 0.364. The first-order chi connectivity index (χ1) is 11.4. The molecule has 0 aromatic carbocycles. The molecule has 0 atom stereocenters. The second-order valence-electron chi connectivity index (χ2n) is 4.04. The van der Waals surface area contributed by atoms with Crippen molar-refractivity contribution in [3.05, 3.63) is 26.6 Å². The van der Waals surface area contributed by atoms with E-state index in [4.69, 9.17) is 14.0 Å². The van der Waals surface area contributed by atoms with Crippen molar-refractivity contribution in [2.75, 3.05) is 13.2 Å². The Bertz CT molecular complexity index is 794. The third-order valence-corrected chi connectivity index (χ3v) is 2.63. The maximum atomic E-state index is 12.1. The van der Waals surface area contributed by atoms with E-state index in [1.165, 1.54) is 13.8 Å². The van der Waals surface area contributed by atoms with Gasteiger partial charge in [0.1, 0.15) is 5.56 Å². The van der Waals surface area contributed by atoms with Crippen molar-refractivity contribution in [2.45, 2.75) is 13.8 Å². The zero-order valence-electron chi connectivity index (χ0n) is 12.4. The number of hydrogen-bond donors (Lipinski definition) is 0. The van der Waals surface area contributed by atoms with Gasteiger partial charge in [0.25, 0.3) is 5.76 Å². The van der Waals surface area contributed by atoms with Crippen LogP contribution >= 0.6 is 0 Å². The second kappa shape index (κ2) is 6.72. The van der Waals surface area contributed by atoms with Crippen LogP contribution < -0.4 is 4.90 Å². The minimum absolute atomic E-state index is 0.0356. The average Bonchev–Trinajstić information content (AvgIpc) is 3.10. The molecule has 2 aromatic rings. The molecule has 2 aromatic heterocycles. The van der Waals surface area contributed by atoms with Crippen LogP contribution in [0.25, 0.3) is 11.4 Å². The number of rotatable bonds is 6. The Kier molecular flexibility index (Phi) is 4.72. The van der Waals surface area contributed by atoms with Gasteiger partial charge < -0.3 is 29.3 Å². The lowest BCUT2D eigenvalue weighted by molar-refractivity contribution is -0.793. The monoisotopic (exact) mass is 342 g/mol. The molecule has 0 aliphatic rings. The summed E-state index contributed by atoms with van der Waals surface area (Å²) in [6.45, 7) is 2.89. The van der Waals surface area contributed by atoms with E-state index in [-0.39, 0.29) is 18.1 Å².